The summed E-state index contributed by atoms with van der Waals surface area (Å²) < 4.78 is 0. The Kier molecular flexibility index (Phi) is 2.57. The Labute approximate surface area is 166 Å². The fraction of sp³-hybridized carbons (Fsp3) is 0.286. The molecule has 0 aliphatic heterocycles. The van der Waals surface area contributed by atoms with E-state index in [-0.39, 0.29) is 5.41 Å². The van der Waals surface area contributed by atoms with Crippen LogP contribution in [0.2, 0.25) is 0 Å². The second kappa shape index (κ2) is 4.69. The summed E-state index contributed by atoms with van der Waals surface area (Å²) in [6.45, 7) is 7.07. The SMILES string of the molecule is CC(C)(C)c1cc2ccc3ccc4c5c3c2c2c1C=CC1=CCC(C=C4)C5C12. The van der Waals surface area contributed by atoms with E-state index in [4.69, 9.17) is 0 Å². The first-order valence-corrected chi connectivity index (χ1v) is 10.7. The van der Waals surface area contributed by atoms with Crippen LogP contribution in [0.3, 0.4) is 0 Å². The maximum atomic E-state index is 2.52. The highest BCUT2D eigenvalue weighted by molar-refractivity contribution is 6.15. The van der Waals surface area contributed by atoms with Gasteiger partial charge in [0.1, 0.15) is 0 Å². The number of allylic oxidation sites excluding steroid dienone is 4. The Hall–Kier alpha value is -2.60. The normalized spacial score (nSPS) is 25.8. The molecule has 0 N–H and O–H groups in total. The predicted octanol–water partition coefficient (Wildman–Crippen LogP) is 7.47. The van der Waals surface area contributed by atoms with E-state index < -0.39 is 0 Å². The molecule has 3 unspecified atom stereocenters. The van der Waals surface area contributed by atoms with Gasteiger partial charge in [0.05, 0.1) is 0 Å². The van der Waals surface area contributed by atoms with Crippen molar-refractivity contribution in [1.82, 2.24) is 0 Å². The van der Waals surface area contributed by atoms with Gasteiger partial charge in [0.2, 0.25) is 0 Å². The first-order valence-electron chi connectivity index (χ1n) is 10.7. The summed E-state index contributed by atoms with van der Waals surface area (Å²) in [7, 11) is 0. The summed E-state index contributed by atoms with van der Waals surface area (Å²) in [5.41, 5.74) is 9.39. The zero-order valence-electron chi connectivity index (χ0n) is 16.7. The molecule has 0 fully saturated rings. The minimum atomic E-state index is 0.142. The average Bonchev–Trinajstić information content (AvgIpc) is 2.70. The van der Waals surface area contributed by atoms with Gasteiger partial charge in [-0.1, -0.05) is 75.4 Å². The lowest BCUT2D eigenvalue weighted by Gasteiger charge is -2.46. The van der Waals surface area contributed by atoms with Gasteiger partial charge in [-0.3, -0.25) is 0 Å². The van der Waals surface area contributed by atoms with Crippen LogP contribution in [0, 0.1) is 5.92 Å². The first kappa shape index (κ1) is 15.3. The molecule has 4 aliphatic rings. The van der Waals surface area contributed by atoms with Crippen LogP contribution in [0.4, 0.5) is 0 Å². The maximum Gasteiger partial charge on any atom is 0.0173 e. The van der Waals surface area contributed by atoms with Crippen LogP contribution < -0.4 is 0 Å². The summed E-state index contributed by atoms with van der Waals surface area (Å²) in [4.78, 5) is 0. The van der Waals surface area contributed by atoms with Gasteiger partial charge >= 0.3 is 0 Å². The molecule has 3 aromatic carbocycles. The average molecular weight is 361 g/mol. The number of benzene rings is 3. The van der Waals surface area contributed by atoms with Crippen molar-refractivity contribution < 1.29 is 0 Å². The van der Waals surface area contributed by atoms with Crippen molar-refractivity contribution in [2.45, 2.75) is 44.4 Å². The Bertz CT molecular complexity index is 1320. The molecule has 0 bridgehead atoms. The van der Waals surface area contributed by atoms with Gasteiger partial charge in [-0.05, 0) is 78.8 Å². The number of hydrogen-bond acceptors (Lipinski definition) is 0. The minimum Gasteiger partial charge on any atom is -0.0801 e. The van der Waals surface area contributed by atoms with Crippen LogP contribution in [0.15, 0.2) is 54.1 Å². The molecule has 4 aliphatic carbocycles. The topological polar surface area (TPSA) is 0 Å². The van der Waals surface area contributed by atoms with Crippen LogP contribution in [0.1, 0.15) is 66.8 Å². The molecule has 0 heteroatoms. The van der Waals surface area contributed by atoms with Gasteiger partial charge in [0, 0.05) is 11.8 Å². The van der Waals surface area contributed by atoms with Crippen LogP contribution in [-0.4, -0.2) is 0 Å². The molecule has 0 saturated heterocycles. The first-order chi connectivity index (χ1) is 13.5. The van der Waals surface area contributed by atoms with E-state index in [1.54, 1.807) is 22.1 Å². The lowest BCUT2D eigenvalue weighted by molar-refractivity contribution is 0.437. The van der Waals surface area contributed by atoms with Crippen LogP contribution in [-0.2, 0) is 5.41 Å². The fourth-order valence-corrected chi connectivity index (χ4v) is 6.53. The van der Waals surface area contributed by atoms with Crippen molar-refractivity contribution in [2.75, 3.05) is 0 Å². The fourth-order valence-electron chi connectivity index (χ4n) is 6.53. The summed E-state index contributed by atoms with van der Waals surface area (Å²) in [5, 5.41) is 5.91. The standard InChI is InChI=1S/C28H24/c1-28(2,3)21-14-19-11-10-17-7-5-15-4-6-16-8-9-18-12-13-20(21)27-25(18)23(16)22(15)24(17)26(19)27/h4-7,9-14,16,23,25H,8H2,1-3H3. The quantitative estimate of drug-likeness (QED) is 0.365. The van der Waals surface area contributed by atoms with E-state index in [9.17, 15) is 0 Å². The molecule has 3 aromatic rings. The largest absolute Gasteiger partial charge is 0.0801 e. The van der Waals surface area contributed by atoms with Crippen LogP contribution in [0.5, 0.6) is 0 Å². The van der Waals surface area contributed by atoms with Crippen molar-refractivity contribution in [3.63, 3.8) is 0 Å². The second-order valence-corrected chi connectivity index (χ2v) is 10.1. The third-order valence-electron chi connectivity index (χ3n) is 7.67. The van der Waals surface area contributed by atoms with Gasteiger partial charge in [-0.25, -0.2) is 0 Å². The van der Waals surface area contributed by atoms with E-state index in [1.165, 1.54) is 39.3 Å². The molecule has 0 heterocycles. The molecule has 0 nitrogen and oxygen atoms in total. The van der Waals surface area contributed by atoms with E-state index in [2.05, 4.69) is 81.5 Å². The van der Waals surface area contributed by atoms with E-state index >= 15 is 0 Å². The lowest BCUT2D eigenvalue weighted by Crippen LogP contribution is -2.31. The molecule has 7 rings (SSSR count). The molecule has 3 atom stereocenters. The van der Waals surface area contributed by atoms with Gasteiger partial charge in [0.15, 0.2) is 0 Å². The zero-order chi connectivity index (χ0) is 18.8. The Balaban J connectivity index is 1.79. The lowest BCUT2D eigenvalue weighted by atomic mass is 9.57. The molecule has 0 saturated carbocycles. The second-order valence-electron chi connectivity index (χ2n) is 10.1. The summed E-state index contributed by atoms with van der Waals surface area (Å²) in [5.74, 6) is 1.75. The number of rotatable bonds is 0. The van der Waals surface area contributed by atoms with E-state index in [0.717, 1.165) is 0 Å². The molecule has 0 radical (unpaired) electrons. The van der Waals surface area contributed by atoms with Crippen molar-refractivity contribution in [3.05, 3.63) is 82.0 Å². The minimum absolute atomic E-state index is 0.142. The number of hydrogen-bond donors (Lipinski definition) is 0. The Morgan fingerprint density at radius 3 is 2.50 bits per heavy atom. The third-order valence-corrected chi connectivity index (χ3v) is 7.67. The molecule has 28 heavy (non-hydrogen) atoms. The van der Waals surface area contributed by atoms with Crippen molar-refractivity contribution in [1.29, 1.82) is 0 Å². The smallest absolute Gasteiger partial charge is 0.0173 e. The monoisotopic (exact) mass is 360 g/mol. The maximum absolute atomic E-state index is 2.52. The predicted molar refractivity (Wildman–Crippen MR) is 120 cm³/mol. The van der Waals surface area contributed by atoms with Crippen molar-refractivity contribution in [2.24, 2.45) is 5.92 Å². The van der Waals surface area contributed by atoms with Gasteiger partial charge in [-0.2, -0.15) is 0 Å². The molecular formula is C28H24. The summed E-state index contributed by atoms with van der Waals surface area (Å²) in [6.07, 6.45) is 13.4. The van der Waals surface area contributed by atoms with Crippen LogP contribution >= 0.6 is 0 Å². The van der Waals surface area contributed by atoms with Gasteiger partial charge < -0.3 is 0 Å². The highest BCUT2D eigenvalue weighted by Gasteiger charge is 2.44. The molecule has 0 spiro atoms. The van der Waals surface area contributed by atoms with Crippen molar-refractivity contribution >= 4 is 33.7 Å². The molecular weight excluding hydrogens is 336 g/mol. The van der Waals surface area contributed by atoms with Gasteiger partial charge in [0.25, 0.3) is 0 Å². The van der Waals surface area contributed by atoms with Gasteiger partial charge in [-0.15, -0.1) is 0 Å². The molecule has 136 valence electrons. The summed E-state index contributed by atoms with van der Waals surface area (Å²) in [6, 6.07) is 11.9. The van der Waals surface area contributed by atoms with Crippen LogP contribution in [0.25, 0.3) is 33.7 Å². The van der Waals surface area contributed by atoms with E-state index in [1.807, 2.05) is 0 Å². The Morgan fingerprint density at radius 1 is 0.857 bits per heavy atom. The summed E-state index contributed by atoms with van der Waals surface area (Å²) >= 11 is 0. The highest BCUT2D eigenvalue weighted by Crippen LogP contribution is 2.61. The molecule has 0 aromatic heterocycles. The highest BCUT2D eigenvalue weighted by atomic mass is 14.5. The molecule has 0 amide bonds. The third kappa shape index (κ3) is 1.65. The van der Waals surface area contributed by atoms with E-state index in [0.29, 0.717) is 17.8 Å². The zero-order valence-corrected chi connectivity index (χ0v) is 16.7. The Morgan fingerprint density at radius 2 is 1.64 bits per heavy atom. The van der Waals surface area contributed by atoms with Crippen molar-refractivity contribution in [3.8, 4) is 0 Å².